The van der Waals surface area contributed by atoms with E-state index in [4.69, 9.17) is 16.3 Å². The Morgan fingerprint density at radius 3 is 2.17 bits per heavy atom. The van der Waals surface area contributed by atoms with E-state index in [1.165, 1.54) is 0 Å². The van der Waals surface area contributed by atoms with Crippen LogP contribution in [0.25, 0.3) is 0 Å². The van der Waals surface area contributed by atoms with Gasteiger partial charge < -0.3 is 4.74 Å². The summed E-state index contributed by atoms with van der Waals surface area (Å²) < 4.78 is 5.80. The van der Waals surface area contributed by atoms with Gasteiger partial charge in [0.2, 0.25) is 11.0 Å². The molecule has 3 rings (SSSR count). The Morgan fingerprint density at radius 1 is 0.897 bits per heavy atom. The van der Waals surface area contributed by atoms with Gasteiger partial charge in [0.25, 0.3) is 0 Å². The van der Waals surface area contributed by atoms with Crippen molar-refractivity contribution in [1.29, 1.82) is 0 Å². The lowest BCUT2D eigenvalue weighted by atomic mass is 9.65. The first-order valence-corrected chi connectivity index (χ1v) is 10.6. The van der Waals surface area contributed by atoms with Crippen molar-refractivity contribution in [2.45, 2.75) is 38.1 Å². The van der Waals surface area contributed by atoms with Crippen LogP contribution < -0.4 is 4.74 Å². The van der Waals surface area contributed by atoms with E-state index in [9.17, 15) is 4.79 Å². The third-order valence-electron chi connectivity index (χ3n) is 5.19. The summed E-state index contributed by atoms with van der Waals surface area (Å²) >= 11 is 7.19. The van der Waals surface area contributed by atoms with E-state index in [1.807, 2.05) is 73.7 Å². The van der Waals surface area contributed by atoms with Crippen LogP contribution in [-0.2, 0) is 10.2 Å². The molecule has 5 heteroatoms. The minimum Gasteiger partial charge on any atom is -0.439 e. The SMILES string of the molecule is CC(C)(C)C(C)(C(=O)Sc1cccc(Oc2ccccc2)n1)c1ccc(Cl)cc1. The highest BCUT2D eigenvalue weighted by Crippen LogP contribution is 2.46. The number of nitrogens with zero attached hydrogens (tertiary/aromatic N) is 1. The standard InChI is InChI=1S/C24H24ClNO2S/c1-23(2,3)24(4,17-13-15-18(25)16-14-17)22(27)29-21-12-8-11-20(26-21)28-19-9-6-5-7-10-19/h5-16H,1-4H3. The minimum absolute atomic E-state index is 0.0247. The monoisotopic (exact) mass is 425 g/mol. The van der Waals surface area contributed by atoms with Gasteiger partial charge in [-0.15, -0.1) is 0 Å². The average Bonchev–Trinajstić information content (AvgIpc) is 2.68. The van der Waals surface area contributed by atoms with Crippen molar-refractivity contribution in [1.82, 2.24) is 4.98 Å². The van der Waals surface area contributed by atoms with Gasteiger partial charge in [-0.2, -0.15) is 0 Å². The number of hydrogen-bond acceptors (Lipinski definition) is 4. The van der Waals surface area contributed by atoms with E-state index in [0.29, 0.717) is 21.7 Å². The largest absolute Gasteiger partial charge is 0.439 e. The van der Waals surface area contributed by atoms with Crippen molar-refractivity contribution in [2.24, 2.45) is 5.41 Å². The summed E-state index contributed by atoms with van der Waals surface area (Å²) in [5, 5.41) is 1.28. The van der Waals surface area contributed by atoms with Crippen molar-refractivity contribution in [3.8, 4) is 11.6 Å². The molecule has 3 nitrogen and oxygen atoms in total. The second kappa shape index (κ2) is 8.60. The molecule has 0 N–H and O–H groups in total. The average molecular weight is 426 g/mol. The van der Waals surface area contributed by atoms with Crippen LogP contribution >= 0.6 is 23.4 Å². The maximum absolute atomic E-state index is 13.5. The number of hydrogen-bond donors (Lipinski definition) is 0. The molecule has 3 aromatic rings. The van der Waals surface area contributed by atoms with Crippen LogP contribution in [0.3, 0.4) is 0 Å². The second-order valence-electron chi connectivity index (χ2n) is 8.00. The van der Waals surface area contributed by atoms with Gasteiger partial charge in [0.1, 0.15) is 10.8 Å². The fraction of sp³-hybridized carbons (Fsp3) is 0.250. The summed E-state index contributed by atoms with van der Waals surface area (Å²) in [6.45, 7) is 8.20. The molecule has 1 atom stereocenters. The van der Waals surface area contributed by atoms with Crippen molar-refractivity contribution in [2.75, 3.05) is 0 Å². The van der Waals surface area contributed by atoms with Gasteiger partial charge in [-0.1, -0.05) is 68.8 Å². The number of ether oxygens (including phenoxy) is 1. The second-order valence-corrected chi connectivity index (χ2v) is 9.43. The molecule has 0 spiro atoms. The molecule has 150 valence electrons. The number of carbonyl (C=O) groups excluding carboxylic acids is 1. The fourth-order valence-corrected chi connectivity index (χ4v) is 4.18. The molecule has 0 radical (unpaired) electrons. The molecule has 0 bridgehead atoms. The number of para-hydroxylation sites is 1. The van der Waals surface area contributed by atoms with E-state index in [2.05, 4.69) is 25.8 Å². The lowest BCUT2D eigenvalue weighted by Gasteiger charge is -2.40. The van der Waals surface area contributed by atoms with Crippen LogP contribution in [0.15, 0.2) is 77.8 Å². The zero-order valence-electron chi connectivity index (χ0n) is 17.0. The Hall–Kier alpha value is -2.30. The van der Waals surface area contributed by atoms with Crippen LogP contribution in [0, 0.1) is 5.41 Å². The predicted molar refractivity (Wildman–Crippen MR) is 120 cm³/mol. The van der Waals surface area contributed by atoms with E-state index in [0.717, 1.165) is 17.3 Å². The van der Waals surface area contributed by atoms with E-state index >= 15 is 0 Å². The lowest BCUT2D eigenvalue weighted by Crippen LogP contribution is -2.43. The lowest BCUT2D eigenvalue weighted by molar-refractivity contribution is -0.118. The van der Waals surface area contributed by atoms with Crippen LogP contribution in [0.4, 0.5) is 0 Å². The summed E-state index contributed by atoms with van der Waals surface area (Å²) in [5.41, 5.74) is -0.0906. The van der Waals surface area contributed by atoms with Crippen LogP contribution in [-0.4, -0.2) is 10.1 Å². The van der Waals surface area contributed by atoms with Gasteiger partial charge in [0.15, 0.2) is 0 Å². The molecule has 1 unspecified atom stereocenters. The molecule has 1 heterocycles. The number of carbonyl (C=O) groups is 1. The van der Waals surface area contributed by atoms with E-state index < -0.39 is 5.41 Å². The van der Waals surface area contributed by atoms with Gasteiger partial charge >= 0.3 is 0 Å². The third-order valence-corrected chi connectivity index (χ3v) is 6.47. The highest BCUT2D eigenvalue weighted by atomic mass is 35.5. The highest BCUT2D eigenvalue weighted by Gasteiger charge is 2.46. The van der Waals surface area contributed by atoms with Gasteiger partial charge in [-0.25, -0.2) is 4.98 Å². The zero-order chi connectivity index (χ0) is 21.1. The van der Waals surface area contributed by atoms with E-state index in [-0.39, 0.29) is 10.5 Å². The number of thioether (sulfide) groups is 1. The number of pyridine rings is 1. The first-order chi connectivity index (χ1) is 13.7. The number of halogens is 1. The van der Waals surface area contributed by atoms with Crippen LogP contribution in [0.2, 0.25) is 5.02 Å². The normalized spacial score (nSPS) is 13.6. The quantitative estimate of drug-likeness (QED) is 0.407. The Labute approximate surface area is 181 Å². The molecule has 1 aromatic heterocycles. The van der Waals surface area contributed by atoms with Crippen molar-refractivity contribution < 1.29 is 9.53 Å². The van der Waals surface area contributed by atoms with E-state index in [1.54, 1.807) is 6.07 Å². The predicted octanol–water partition coefficient (Wildman–Crippen LogP) is 7.15. The fourth-order valence-electron chi connectivity index (χ4n) is 2.96. The molecule has 0 aliphatic rings. The minimum atomic E-state index is -0.722. The Kier molecular flexibility index (Phi) is 6.35. The first kappa shape index (κ1) is 21.4. The van der Waals surface area contributed by atoms with Crippen molar-refractivity contribution >= 4 is 28.5 Å². The molecule has 0 fully saturated rings. The van der Waals surface area contributed by atoms with Crippen molar-refractivity contribution in [3.05, 3.63) is 83.4 Å². The number of aromatic nitrogens is 1. The summed E-state index contributed by atoms with van der Waals surface area (Å²) in [5.74, 6) is 1.16. The molecule has 29 heavy (non-hydrogen) atoms. The Morgan fingerprint density at radius 2 is 1.55 bits per heavy atom. The molecular weight excluding hydrogens is 402 g/mol. The van der Waals surface area contributed by atoms with Gasteiger partial charge in [0, 0.05) is 11.1 Å². The molecule has 2 aromatic carbocycles. The maximum Gasteiger partial charge on any atom is 0.220 e. The summed E-state index contributed by atoms with van der Waals surface area (Å²) in [6, 6.07) is 22.4. The van der Waals surface area contributed by atoms with Crippen LogP contribution in [0.1, 0.15) is 33.3 Å². The molecular formula is C24H24ClNO2S. The molecule has 0 amide bonds. The van der Waals surface area contributed by atoms with Gasteiger partial charge in [0.05, 0.1) is 5.41 Å². The van der Waals surface area contributed by atoms with Gasteiger partial charge in [-0.3, -0.25) is 4.79 Å². The molecule has 0 saturated heterocycles. The summed E-state index contributed by atoms with van der Waals surface area (Å²) in [4.78, 5) is 18.0. The zero-order valence-corrected chi connectivity index (χ0v) is 18.6. The Balaban J connectivity index is 1.87. The number of benzene rings is 2. The van der Waals surface area contributed by atoms with Gasteiger partial charge in [-0.05, 0) is 60.0 Å². The molecule has 0 aliphatic heterocycles. The third kappa shape index (κ3) is 4.82. The van der Waals surface area contributed by atoms with Crippen LogP contribution in [0.5, 0.6) is 11.6 Å². The molecule has 0 saturated carbocycles. The van der Waals surface area contributed by atoms with Crippen molar-refractivity contribution in [3.63, 3.8) is 0 Å². The summed E-state index contributed by atoms with van der Waals surface area (Å²) in [7, 11) is 0. The topological polar surface area (TPSA) is 39.2 Å². The number of rotatable bonds is 5. The maximum atomic E-state index is 13.5. The smallest absolute Gasteiger partial charge is 0.220 e. The Bertz CT molecular complexity index is 984. The first-order valence-electron chi connectivity index (χ1n) is 9.38. The molecule has 0 aliphatic carbocycles. The summed E-state index contributed by atoms with van der Waals surface area (Å²) in [6.07, 6.45) is 0. The highest BCUT2D eigenvalue weighted by molar-refractivity contribution is 8.13.